The summed E-state index contributed by atoms with van der Waals surface area (Å²) in [4.78, 5) is 40.0. The van der Waals surface area contributed by atoms with E-state index in [1.807, 2.05) is 33.3 Å². The summed E-state index contributed by atoms with van der Waals surface area (Å²) in [5, 5.41) is 3.04. The Morgan fingerprint density at radius 3 is 1.27 bits per heavy atom. The van der Waals surface area contributed by atoms with Crippen molar-refractivity contribution in [3.63, 3.8) is 0 Å². The molecule has 3 atom stereocenters. The van der Waals surface area contributed by atoms with Crippen molar-refractivity contribution in [1.29, 1.82) is 0 Å². The number of phosphoric ester groups is 1. The van der Waals surface area contributed by atoms with Gasteiger partial charge in [0.25, 0.3) is 7.82 Å². The lowest BCUT2D eigenvalue weighted by atomic mass is 10.0. The molecule has 1 N–H and O–H groups in total. The van der Waals surface area contributed by atoms with E-state index in [1.54, 1.807) is 0 Å². The third-order valence-corrected chi connectivity index (χ3v) is 15.5. The van der Waals surface area contributed by atoms with Crippen LogP contribution < -0.4 is 10.2 Å². The van der Waals surface area contributed by atoms with E-state index in [2.05, 4.69) is 74.7 Å². The van der Waals surface area contributed by atoms with Crippen molar-refractivity contribution in [3.8, 4) is 0 Å². The number of rotatable bonds is 59. The quantitative estimate of drug-likeness (QED) is 0.0161. The van der Waals surface area contributed by atoms with Gasteiger partial charge in [0.1, 0.15) is 19.3 Å². The predicted molar refractivity (Wildman–Crippen MR) is 330 cm³/mol. The standard InChI is InChI=1S/C67H125N2O7P/c1-7-10-13-16-19-22-25-28-30-31-32-33-34-35-36-37-39-41-44-47-50-53-56-59-66(70)68-64(63-75-77(72,73)74-62-61-69(4,5)6)65(58-55-52-49-46-43-40-27-24-21-18-15-12-9-3)76-67(71)60-57-54-51-48-45-42-38-29-26-23-20-17-14-11-8-2/h11,14,17,20,23,26,28,30,55,58,64-65H,7-10,12-13,15-16,18-19,21-22,24-25,27,29,31-54,56-57,59-63H2,1-6H3,(H-,68,70,72,73)/b14-11+,20-17+,26-23+,30-28+,58-55-. The first-order valence-corrected chi connectivity index (χ1v) is 34.1. The predicted octanol–water partition coefficient (Wildman–Crippen LogP) is 19.6. The maximum absolute atomic E-state index is 13.6. The van der Waals surface area contributed by atoms with Crippen LogP contribution in [0.1, 0.15) is 303 Å². The molecule has 0 radical (unpaired) electrons. The van der Waals surface area contributed by atoms with E-state index in [0.29, 0.717) is 17.4 Å². The molecule has 0 saturated carbocycles. The zero-order valence-electron chi connectivity index (χ0n) is 51.4. The number of nitrogens with one attached hydrogen (secondary N) is 1. The number of unbranched alkanes of at least 4 members (excludes halogenated alkanes) is 37. The number of hydrogen-bond acceptors (Lipinski definition) is 7. The number of likely N-dealkylation sites (N-methyl/N-ethyl adjacent to an activating group) is 1. The molecule has 0 aromatic carbocycles. The van der Waals surface area contributed by atoms with Gasteiger partial charge in [0, 0.05) is 12.8 Å². The van der Waals surface area contributed by atoms with Crippen molar-refractivity contribution in [2.75, 3.05) is 40.9 Å². The molecule has 1 amide bonds. The fourth-order valence-corrected chi connectivity index (χ4v) is 10.2. The molecule has 0 saturated heterocycles. The summed E-state index contributed by atoms with van der Waals surface area (Å²) in [5.41, 5.74) is 0. The number of allylic oxidation sites excluding steroid dienone is 9. The minimum atomic E-state index is -4.70. The van der Waals surface area contributed by atoms with Crippen LogP contribution in [0.5, 0.6) is 0 Å². The second-order valence-electron chi connectivity index (χ2n) is 23.3. The van der Waals surface area contributed by atoms with Crippen LogP contribution in [0.3, 0.4) is 0 Å². The minimum Gasteiger partial charge on any atom is -0.756 e. The molecule has 0 spiro atoms. The van der Waals surface area contributed by atoms with E-state index in [0.717, 1.165) is 77.0 Å². The van der Waals surface area contributed by atoms with E-state index in [-0.39, 0.29) is 24.9 Å². The zero-order valence-corrected chi connectivity index (χ0v) is 52.3. The first kappa shape index (κ1) is 74.7. The molecule has 0 aromatic heterocycles. The van der Waals surface area contributed by atoms with E-state index >= 15 is 0 Å². The summed E-state index contributed by atoms with van der Waals surface area (Å²) in [6.07, 6.45) is 71.9. The molecule has 0 aliphatic rings. The molecule has 3 unspecified atom stereocenters. The SMILES string of the molecule is CC/C=C/C=C/C=C/CCCCCCCCCC(=O)OC(/C=C\CCCCCCCCCCCCC)C(COP(=O)([O-])OCC[N+](C)(C)C)NC(=O)CCCCCCCCCCCCCCC/C=C/CCCCCCCC. The Hall–Kier alpha value is -2.29. The molecular weight excluding hydrogens is 976 g/mol. The summed E-state index contributed by atoms with van der Waals surface area (Å²) in [6, 6.07) is -0.894. The Bertz CT molecular complexity index is 1500. The van der Waals surface area contributed by atoms with Crippen LogP contribution in [-0.4, -0.2) is 69.4 Å². The second kappa shape index (κ2) is 57.0. The van der Waals surface area contributed by atoms with Gasteiger partial charge in [-0.25, -0.2) is 0 Å². The number of carbonyl (C=O) groups excluding carboxylic acids is 2. The Balaban J connectivity index is 5.16. The minimum absolute atomic E-state index is 0.0248. The number of quaternary nitrogens is 1. The number of carbonyl (C=O) groups is 2. The van der Waals surface area contributed by atoms with Crippen LogP contribution in [0, 0.1) is 0 Å². The lowest BCUT2D eigenvalue weighted by Gasteiger charge is -2.30. The summed E-state index contributed by atoms with van der Waals surface area (Å²) in [5.74, 6) is -0.547. The molecule has 450 valence electrons. The third kappa shape index (κ3) is 58.2. The number of hydrogen-bond donors (Lipinski definition) is 1. The highest BCUT2D eigenvalue weighted by Crippen LogP contribution is 2.38. The van der Waals surface area contributed by atoms with Crippen molar-refractivity contribution >= 4 is 19.7 Å². The van der Waals surface area contributed by atoms with E-state index in [9.17, 15) is 19.0 Å². The van der Waals surface area contributed by atoms with Crippen molar-refractivity contribution in [3.05, 3.63) is 60.8 Å². The Kier molecular flexibility index (Phi) is 55.3. The maximum atomic E-state index is 13.6. The number of amides is 1. The van der Waals surface area contributed by atoms with Gasteiger partial charge in [0.05, 0.1) is 33.8 Å². The van der Waals surface area contributed by atoms with Crippen LogP contribution >= 0.6 is 7.82 Å². The van der Waals surface area contributed by atoms with Crippen molar-refractivity contribution in [2.24, 2.45) is 0 Å². The van der Waals surface area contributed by atoms with E-state index < -0.39 is 26.6 Å². The smallest absolute Gasteiger partial charge is 0.306 e. The molecule has 0 rings (SSSR count). The van der Waals surface area contributed by atoms with Crippen LogP contribution in [0.4, 0.5) is 0 Å². The fraction of sp³-hybridized carbons (Fsp3) is 0.821. The van der Waals surface area contributed by atoms with Crippen molar-refractivity contribution in [2.45, 2.75) is 315 Å². The van der Waals surface area contributed by atoms with Gasteiger partial charge >= 0.3 is 5.97 Å². The lowest BCUT2D eigenvalue weighted by molar-refractivity contribution is -0.870. The summed E-state index contributed by atoms with van der Waals surface area (Å²) in [7, 11) is 1.18. The van der Waals surface area contributed by atoms with Gasteiger partial charge in [0.15, 0.2) is 0 Å². The monoisotopic (exact) mass is 1100 g/mol. The van der Waals surface area contributed by atoms with Crippen molar-refractivity contribution in [1.82, 2.24) is 5.32 Å². The highest BCUT2D eigenvalue weighted by Gasteiger charge is 2.27. The number of nitrogens with zero attached hydrogens (tertiary/aromatic N) is 1. The van der Waals surface area contributed by atoms with Crippen molar-refractivity contribution < 1.29 is 37.3 Å². The van der Waals surface area contributed by atoms with Gasteiger partial charge < -0.3 is 28.5 Å². The molecule has 0 heterocycles. The second-order valence-corrected chi connectivity index (χ2v) is 24.7. The number of ether oxygens (including phenoxy) is 1. The molecule has 10 heteroatoms. The summed E-state index contributed by atoms with van der Waals surface area (Å²) >= 11 is 0. The van der Waals surface area contributed by atoms with Gasteiger partial charge in [-0.05, 0) is 76.7 Å². The van der Waals surface area contributed by atoms with Gasteiger partial charge in [-0.3, -0.25) is 14.2 Å². The normalized spacial score (nSPS) is 14.0. The highest BCUT2D eigenvalue weighted by molar-refractivity contribution is 7.45. The van der Waals surface area contributed by atoms with E-state index in [1.165, 1.54) is 193 Å². The first-order valence-electron chi connectivity index (χ1n) is 32.6. The topological polar surface area (TPSA) is 114 Å². The summed E-state index contributed by atoms with van der Waals surface area (Å²) < 4.78 is 30.4. The zero-order chi connectivity index (χ0) is 56.4. The fourth-order valence-electron chi connectivity index (χ4n) is 9.46. The summed E-state index contributed by atoms with van der Waals surface area (Å²) in [6.45, 7) is 6.73. The Labute approximate surface area is 477 Å². The molecule has 9 nitrogen and oxygen atoms in total. The molecule has 0 aromatic rings. The molecule has 0 bridgehead atoms. The van der Waals surface area contributed by atoms with Gasteiger partial charge in [-0.1, -0.05) is 275 Å². The molecule has 0 fully saturated rings. The highest BCUT2D eigenvalue weighted by atomic mass is 31.2. The largest absolute Gasteiger partial charge is 0.756 e. The first-order chi connectivity index (χ1) is 37.4. The Morgan fingerprint density at radius 1 is 0.468 bits per heavy atom. The van der Waals surface area contributed by atoms with E-state index in [4.69, 9.17) is 13.8 Å². The Morgan fingerprint density at radius 2 is 0.844 bits per heavy atom. The van der Waals surface area contributed by atoms with Crippen LogP contribution in [0.15, 0.2) is 60.8 Å². The third-order valence-electron chi connectivity index (χ3n) is 14.5. The van der Waals surface area contributed by atoms with Gasteiger partial charge in [0.2, 0.25) is 5.91 Å². The average molecular weight is 1100 g/mol. The number of phosphoric acid groups is 1. The number of esters is 1. The molecular formula is C67H125N2O7P. The molecule has 0 aliphatic heterocycles. The maximum Gasteiger partial charge on any atom is 0.306 e. The van der Waals surface area contributed by atoms with Gasteiger partial charge in [-0.15, -0.1) is 0 Å². The van der Waals surface area contributed by atoms with Crippen LogP contribution in [-0.2, 0) is 27.9 Å². The lowest BCUT2D eigenvalue weighted by Crippen LogP contribution is -2.47. The van der Waals surface area contributed by atoms with Crippen LogP contribution in [0.2, 0.25) is 0 Å². The average Bonchev–Trinajstić information content (AvgIpc) is 3.39. The molecule has 77 heavy (non-hydrogen) atoms. The van der Waals surface area contributed by atoms with Gasteiger partial charge in [-0.2, -0.15) is 0 Å². The molecule has 0 aliphatic carbocycles. The van der Waals surface area contributed by atoms with Crippen LogP contribution in [0.25, 0.3) is 0 Å².